The summed E-state index contributed by atoms with van der Waals surface area (Å²) in [5, 5.41) is 14.2. The Hall–Kier alpha value is -3.21. The number of nitrogens with one attached hydrogen (secondary N) is 2. The Morgan fingerprint density at radius 1 is 1.22 bits per heavy atom. The molecular weight excluding hydrogens is 418 g/mol. The Bertz CT molecular complexity index is 1270. The maximum absolute atomic E-state index is 13.0. The number of halogens is 2. The second-order valence-electron chi connectivity index (χ2n) is 8.64. The SMILES string of the molecule is Cc1nc2ncc(-c3c[nH]c4nc(NC5CCC(C)(O)CC5)ncc34)nc2n1CC(F)F. The summed E-state index contributed by atoms with van der Waals surface area (Å²) in [5.41, 5.74) is 1.96. The molecule has 0 spiro atoms. The number of aromatic nitrogens is 7. The van der Waals surface area contributed by atoms with Crippen LogP contribution in [0.3, 0.4) is 0 Å². The van der Waals surface area contributed by atoms with E-state index in [1.54, 1.807) is 25.5 Å². The Labute approximate surface area is 182 Å². The predicted octanol–water partition coefficient (Wildman–Crippen LogP) is 3.44. The van der Waals surface area contributed by atoms with Gasteiger partial charge in [-0.15, -0.1) is 0 Å². The first kappa shape index (κ1) is 20.7. The number of aromatic amines is 1. The topological polar surface area (TPSA) is 117 Å². The van der Waals surface area contributed by atoms with Crippen LogP contribution in [0.4, 0.5) is 14.7 Å². The highest BCUT2D eigenvalue weighted by Gasteiger charge is 2.29. The van der Waals surface area contributed by atoms with E-state index in [-0.39, 0.29) is 6.04 Å². The molecule has 32 heavy (non-hydrogen) atoms. The summed E-state index contributed by atoms with van der Waals surface area (Å²) in [6.45, 7) is 3.05. The molecule has 9 nitrogen and oxygen atoms in total. The molecule has 168 valence electrons. The van der Waals surface area contributed by atoms with E-state index in [4.69, 9.17) is 0 Å². The lowest BCUT2D eigenvalue weighted by molar-refractivity contribution is 0.0195. The highest BCUT2D eigenvalue weighted by molar-refractivity contribution is 5.93. The fourth-order valence-corrected chi connectivity index (χ4v) is 4.24. The molecule has 0 atom stereocenters. The second-order valence-corrected chi connectivity index (χ2v) is 8.64. The maximum Gasteiger partial charge on any atom is 0.256 e. The summed E-state index contributed by atoms with van der Waals surface area (Å²) in [7, 11) is 0. The predicted molar refractivity (Wildman–Crippen MR) is 115 cm³/mol. The number of rotatable bonds is 5. The molecule has 3 N–H and O–H groups in total. The van der Waals surface area contributed by atoms with Gasteiger partial charge in [0, 0.05) is 29.4 Å². The third-order valence-corrected chi connectivity index (χ3v) is 6.07. The molecule has 11 heteroatoms. The van der Waals surface area contributed by atoms with Gasteiger partial charge in [0.25, 0.3) is 6.43 Å². The molecule has 0 aliphatic heterocycles. The van der Waals surface area contributed by atoms with Crippen molar-refractivity contribution in [2.24, 2.45) is 0 Å². The van der Waals surface area contributed by atoms with Crippen molar-refractivity contribution in [3.63, 3.8) is 0 Å². The second kappa shape index (κ2) is 7.73. The highest BCUT2D eigenvalue weighted by Crippen LogP contribution is 2.30. The summed E-state index contributed by atoms with van der Waals surface area (Å²) in [4.78, 5) is 25.3. The van der Waals surface area contributed by atoms with Gasteiger partial charge < -0.3 is 20.0 Å². The lowest BCUT2D eigenvalue weighted by Crippen LogP contribution is -2.36. The number of H-pyrrole nitrogens is 1. The molecule has 4 aromatic heterocycles. The van der Waals surface area contributed by atoms with Gasteiger partial charge >= 0.3 is 0 Å². The van der Waals surface area contributed by atoms with E-state index in [0.29, 0.717) is 34.4 Å². The zero-order valence-corrected chi connectivity index (χ0v) is 17.8. The van der Waals surface area contributed by atoms with Crippen LogP contribution in [0.5, 0.6) is 0 Å². The molecule has 0 saturated heterocycles. The van der Waals surface area contributed by atoms with Crippen LogP contribution >= 0.6 is 0 Å². The van der Waals surface area contributed by atoms with E-state index >= 15 is 0 Å². The van der Waals surface area contributed by atoms with Gasteiger partial charge in [-0.2, -0.15) is 4.98 Å². The molecule has 1 saturated carbocycles. The standard InChI is InChI=1S/C21H24F2N8O/c1-11-27-18-19(31(11)10-16(22)23)29-15(9-25-18)13-7-24-17-14(13)8-26-20(30-17)28-12-3-5-21(2,32)6-4-12/h7-9,12,16,32H,3-6,10H2,1-2H3,(H2,24,26,28,30). The molecule has 0 radical (unpaired) electrons. The van der Waals surface area contributed by atoms with Gasteiger partial charge in [0.2, 0.25) is 5.95 Å². The number of fused-ring (bicyclic) bond motifs is 2. The number of aliphatic hydroxyl groups is 1. The van der Waals surface area contributed by atoms with Crippen LogP contribution < -0.4 is 5.32 Å². The fraction of sp³-hybridized carbons (Fsp3) is 0.476. The van der Waals surface area contributed by atoms with Gasteiger partial charge in [0.1, 0.15) is 11.5 Å². The minimum Gasteiger partial charge on any atom is -0.390 e. The van der Waals surface area contributed by atoms with Gasteiger partial charge in [-0.1, -0.05) is 0 Å². The van der Waals surface area contributed by atoms with Crippen LogP contribution in [0.25, 0.3) is 33.6 Å². The average molecular weight is 442 g/mol. The van der Waals surface area contributed by atoms with E-state index in [9.17, 15) is 13.9 Å². The Balaban J connectivity index is 1.43. The molecule has 1 aliphatic rings. The van der Waals surface area contributed by atoms with Crippen molar-refractivity contribution in [2.75, 3.05) is 5.32 Å². The van der Waals surface area contributed by atoms with E-state index in [0.717, 1.165) is 36.6 Å². The highest BCUT2D eigenvalue weighted by atomic mass is 19.3. The van der Waals surface area contributed by atoms with E-state index in [2.05, 4.69) is 35.2 Å². The van der Waals surface area contributed by atoms with E-state index < -0.39 is 18.6 Å². The van der Waals surface area contributed by atoms with Crippen LogP contribution in [-0.4, -0.2) is 57.6 Å². The van der Waals surface area contributed by atoms with Crippen molar-refractivity contribution >= 4 is 28.3 Å². The molecule has 4 heterocycles. The summed E-state index contributed by atoms with van der Waals surface area (Å²) in [6, 6.07) is 0.216. The van der Waals surface area contributed by atoms with Crippen molar-refractivity contribution in [2.45, 2.75) is 64.1 Å². The zero-order chi connectivity index (χ0) is 22.5. The summed E-state index contributed by atoms with van der Waals surface area (Å²) in [6.07, 6.45) is 5.71. The molecular formula is C21H24F2N8O. The van der Waals surface area contributed by atoms with Gasteiger partial charge in [-0.25, -0.2) is 28.7 Å². The lowest BCUT2D eigenvalue weighted by atomic mass is 9.84. The molecule has 0 unspecified atom stereocenters. The number of alkyl halides is 2. The number of anilines is 1. The Morgan fingerprint density at radius 2 is 2.00 bits per heavy atom. The van der Waals surface area contributed by atoms with Crippen molar-refractivity contribution in [3.05, 3.63) is 24.4 Å². The van der Waals surface area contributed by atoms with Crippen molar-refractivity contribution in [1.29, 1.82) is 0 Å². The first-order valence-corrected chi connectivity index (χ1v) is 10.6. The number of hydrogen-bond donors (Lipinski definition) is 3. The van der Waals surface area contributed by atoms with E-state index in [1.165, 1.54) is 4.57 Å². The summed E-state index contributed by atoms with van der Waals surface area (Å²) in [5.74, 6) is 0.962. The van der Waals surface area contributed by atoms with Gasteiger partial charge in [-0.05, 0) is 39.5 Å². The Morgan fingerprint density at radius 3 is 2.75 bits per heavy atom. The molecule has 1 fully saturated rings. The van der Waals surface area contributed by atoms with Crippen molar-refractivity contribution in [3.8, 4) is 11.3 Å². The normalized spacial score (nSPS) is 21.6. The monoisotopic (exact) mass is 442 g/mol. The van der Waals surface area contributed by atoms with E-state index in [1.807, 2.05) is 6.92 Å². The van der Waals surface area contributed by atoms with Crippen LogP contribution in [0.15, 0.2) is 18.6 Å². The molecule has 0 aromatic carbocycles. The molecule has 0 amide bonds. The third kappa shape index (κ3) is 3.88. The average Bonchev–Trinajstić information content (AvgIpc) is 3.29. The smallest absolute Gasteiger partial charge is 0.256 e. The van der Waals surface area contributed by atoms with Crippen LogP contribution in [0, 0.1) is 6.92 Å². The molecule has 5 rings (SSSR count). The molecule has 1 aliphatic carbocycles. The lowest BCUT2D eigenvalue weighted by Gasteiger charge is -2.33. The number of imidazole rings is 1. The van der Waals surface area contributed by atoms with Crippen LogP contribution in [-0.2, 0) is 6.54 Å². The van der Waals surface area contributed by atoms with Crippen molar-refractivity contribution in [1.82, 2.24) is 34.5 Å². The van der Waals surface area contributed by atoms with Gasteiger partial charge in [-0.3, -0.25) is 0 Å². The molecule has 4 aromatic rings. The summed E-state index contributed by atoms with van der Waals surface area (Å²) < 4.78 is 27.4. The largest absolute Gasteiger partial charge is 0.390 e. The first-order chi connectivity index (χ1) is 15.3. The minimum absolute atomic E-state index is 0.216. The van der Waals surface area contributed by atoms with Gasteiger partial charge in [0.05, 0.1) is 24.0 Å². The summed E-state index contributed by atoms with van der Waals surface area (Å²) >= 11 is 0. The van der Waals surface area contributed by atoms with Crippen LogP contribution in [0.1, 0.15) is 38.4 Å². The zero-order valence-electron chi connectivity index (χ0n) is 17.8. The quantitative estimate of drug-likeness (QED) is 0.433. The van der Waals surface area contributed by atoms with Crippen molar-refractivity contribution < 1.29 is 13.9 Å². The Kier molecular flexibility index (Phi) is 5.00. The maximum atomic E-state index is 13.0. The minimum atomic E-state index is -2.51. The fourth-order valence-electron chi connectivity index (χ4n) is 4.24. The third-order valence-electron chi connectivity index (χ3n) is 6.07. The number of nitrogens with zero attached hydrogens (tertiary/aromatic N) is 6. The van der Waals surface area contributed by atoms with Crippen LogP contribution in [0.2, 0.25) is 0 Å². The molecule has 0 bridgehead atoms. The number of hydrogen-bond acceptors (Lipinski definition) is 7. The van der Waals surface area contributed by atoms with Gasteiger partial charge in [0.15, 0.2) is 11.3 Å². The number of aryl methyl sites for hydroxylation is 1. The first-order valence-electron chi connectivity index (χ1n) is 10.6.